The summed E-state index contributed by atoms with van der Waals surface area (Å²) in [5, 5.41) is 13.6. The van der Waals surface area contributed by atoms with E-state index >= 15 is 0 Å². The molecule has 156 valence electrons. The summed E-state index contributed by atoms with van der Waals surface area (Å²) < 4.78 is 0. The first-order valence-electron chi connectivity index (χ1n) is 10.0. The molecule has 0 radical (unpaired) electrons. The van der Waals surface area contributed by atoms with Gasteiger partial charge in [-0.3, -0.25) is 19.5 Å². The van der Waals surface area contributed by atoms with E-state index < -0.39 is 17.7 Å². The maximum Gasteiger partial charge on any atom is 0.300 e. The van der Waals surface area contributed by atoms with Crippen molar-refractivity contribution in [3.05, 3.63) is 113 Å². The van der Waals surface area contributed by atoms with Crippen molar-refractivity contribution in [3.63, 3.8) is 0 Å². The summed E-state index contributed by atoms with van der Waals surface area (Å²) in [6.45, 7) is 0. The van der Waals surface area contributed by atoms with E-state index in [1.807, 2.05) is 36.4 Å². The smallest absolute Gasteiger partial charge is 0.300 e. The molecule has 6 heteroatoms. The van der Waals surface area contributed by atoms with Crippen LogP contribution in [0.4, 0.5) is 5.69 Å². The predicted molar refractivity (Wildman–Crippen MR) is 124 cm³/mol. The highest BCUT2D eigenvalue weighted by molar-refractivity contribution is 6.51. The van der Waals surface area contributed by atoms with E-state index in [0.717, 1.165) is 10.8 Å². The van der Waals surface area contributed by atoms with Crippen molar-refractivity contribution >= 4 is 45.5 Å². The Kier molecular flexibility index (Phi) is 4.96. The summed E-state index contributed by atoms with van der Waals surface area (Å²) in [4.78, 5) is 31.8. The van der Waals surface area contributed by atoms with E-state index in [0.29, 0.717) is 21.8 Å². The quantitative estimate of drug-likeness (QED) is 0.259. The fraction of sp³-hybridized carbons (Fsp3) is 0.0385. The minimum atomic E-state index is -0.807. The molecule has 1 saturated heterocycles. The second kappa shape index (κ2) is 7.94. The van der Waals surface area contributed by atoms with Crippen LogP contribution in [0.3, 0.4) is 0 Å². The molecule has 1 N–H and O–H groups in total. The average Bonchev–Trinajstić information content (AvgIpc) is 3.10. The molecule has 1 aliphatic rings. The molecule has 0 bridgehead atoms. The zero-order valence-corrected chi connectivity index (χ0v) is 17.5. The maximum atomic E-state index is 13.2. The Morgan fingerprint density at radius 1 is 0.875 bits per heavy atom. The van der Waals surface area contributed by atoms with Gasteiger partial charge in [0.15, 0.2) is 0 Å². The molecule has 2 heterocycles. The molecule has 0 saturated carbocycles. The summed E-state index contributed by atoms with van der Waals surface area (Å²) >= 11 is 6.02. The number of nitrogens with zero attached hydrogens (tertiary/aromatic N) is 2. The van der Waals surface area contributed by atoms with Crippen LogP contribution in [0.2, 0.25) is 5.02 Å². The van der Waals surface area contributed by atoms with Crippen LogP contribution in [0.25, 0.3) is 16.5 Å². The van der Waals surface area contributed by atoms with Crippen LogP contribution >= 0.6 is 11.6 Å². The minimum absolute atomic E-state index is 0.0347. The molecular formula is C26H17ClN2O3. The van der Waals surface area contributed by atoms with Gasteiger partial charge >= 0.3 is 0 Å². The summed E-state index contributed by atoms with van der Waals surface area (Å²) in [6.07, 6.45) is 3.18. The van der Waals surface area contributed by atoms with Gasteiger partial charge in [-0.25, -0.2) is 0 Å². The van der Waals surface area contributed by atoms with Crippen LogP contribution in [0.5, 0.6) is 0 Å². The van der Waals surface area contributed by atoms with Crippen LogP contribution in [-0.4, -0.2) is 21.8 Å². The largest absolute Gasteiger partial charge is 0.507 e. The lowest BCUT2D eigenvalue weighted by Gasteiger charge is -2.25. The number of fused-ring (bicyclic) bond motifs is 1. The molecule has 1 unspecified atom stereocenters. The molecule has 1 aromatic heterocycles. The summed E-state index contributed by atoms with van der Waals surface area (Å²) in [6, 6.07) is 22.4. The Hall–Kier alpha value is -3.96. The number of hydrogen-bond acceptors (Lipinski definition) is 4. The number of ketones is 1. The number of aliphatic hydroxyl groups excluding tert-OH is 1. The zero-order chi connectivity index (χ0) is 22.2. The third kappa shape index (κ3) is 3.24. The van der Waals surface area contributed by atoms with Crippen molar-refractivity contribution in [2.75, 3.05) is 4.90 Å². The Bertz CT molecular complexity index is 1380. The van der Waals surface area contributed by atoms with Gasteiger partial charge in [0.25, 0.3) is 11.7 Å². The monoisotopic (exact) mass is 440 g/mol. The molecule has 5 nitrogen and oxygen atoms in total. The number of anilines is 1. The highest BCUT2D eigenvalue weighted by Crippen LogP contribution is 2.42. The van der Waals surface area contributed by atoms with Crippen molar-refractivity contribution < 1.29 is 14.7 Å². The van der Waals surface area contributed by atoms with E-state index in [1.54, 1.807) is 54.9 Å². The lowest BCUT2D eigenvalue weighted by atomic mass is 9.93. The van der Waals surface area contributed by atoms with Crippen LogP contribution in [0.15, 0.2) is 96.8 Å². The van der Waals surface area contributed by atoms with Crippen molar-refractivity contribution in [2.24, 2.45) is 0 Å². The molecule has 5 rings (SSSR count). The highest BCUT2D eigenvalue weighted by atomic mass is 35.5. The maximum absolute atomic E-state index is 13.2. The second-order valence-corrected chi connectivity index (χ2v) is 7.89. The van der Waals surface area contributed by atoms with Gasteiger partial charge in [0.05, 0.1) is 11.6 Å². The van der Waals surface area contributed by atoms with Gasteiger partial charge in [-0.15, -0.1) is 0 Å². The fourth-order valence-electron chi connectivity index (χ4n) is 4.14. The molecule has 3 aromatic carbocycles. The number of carbonyl (C=O) groups is 2. The van der Waals surface area contributed by atoms with Crippen molar-refractivity contribution in [1.82, 2.24) is 4.98 Å². The Balaban J connectivity index is 1.77. The van der Waals surface area contributed by atoms with Gasteiger partial charge in [-0.2, -0.15) is 0 Å². The molecule has 32 heavy (non-hydrogen) atoms. The van der Waals surface area contributed by atoms with Crippen molar-refractivity contribution in [3.8, 4) is 0 Å². The van der Waals surface area contributed by atoms with Crippen LogP contribution in [0.1, 0.15) is 17.2 Å². The lowest BCUT2D eigenvalue weighted by Crippen LogP contribution is -2.29. The molecule has 0 aliphatic carbocycles. The van der Waals surface area contributed by atoms with Gasteiger partial charge in [-0.05, 0) is 52.7 Å². The fourth-order valence-corrected chi connectivity index (χ4v) is 4.26. The first kappa shape index (κ1) is 20.0. The Morgan fingerprint density at radius 2 is 1.56 bits per heavy atom. The number of carbonyl (C=O) groups excluding carboxylic acids is 2. The number of Topliss-reactive ketones (excluding diaryl/α,β-unsaturated/α-hetero) is 1. The minimum Gasteiger partial charge on any atom is -0.507 e. The standard InChI is InChI=1S/C26H17ClN2O3/c27-18-8-10-19(11-9-18)29-23(17-12-14-28-15-13-17)22(25(31)26(29)32)24(30)21-7-3-5-16-4-1-2-6-20(16)21/h1-15,23,30H/b24-22-. The molecule has 1 atom stereocenters. The molecule has 1 fully saturated rings. The molecule has 1 amide bonds. The van der Waals surface area contributed by atoms with E-state index in [2.05, 4.69) is 4.98 Å². The number of hydrogen-bond donors (Lipinski definition) is 1. The van der Waals surface area contributed by atoms with Crippen LogP contribution in [0, 0.1) is 0 Å². The van der Waals surface area contributed by atoms with Crippen LogP contribution in [-0.2, 0) is 9.59 Å². The predicted octanol–water partition coefficient (Wildman–Crippen LogP) is 5.51. The first-order valence-corrected chi connectivity index (χ1v) is 10.4. The molecule has 4 aromatic rings. The van der Waals surface area contributed by atoms with E-state index in [4.69, 9.17) is 11.6 Å². The number of rotatable bonds is 3. The SMILES string of the molecule is O=C1C(=O)N(c2ccc(Cl)cc2)C(c2ccncc2)/C1=C(/O)c1cccc2ccccc12. The first-order chi connectivity index (χ1) is 15.6. The normalized spacial score (nSPS) is 17.8. The molecular weight excluding hydrogens is 424 g/mol. The Labute approximate surface area is 189 Å². The second-order valence-electron chi connectivity index (χ2n) is 7.45. The number of aromatic nitrogens is 1. The average molecular weight is 441 g/mol. The van der Waals surface area contributed by atoms with Crippen LogP contribution < -0.4 is 4.90 Å². The number of amides is 1. The zero-order valence-electron chi connectivity index (χ0n) is 16.8. The molecule has 0 spiro atoms. The highest BCUT2D eigenvalue weighted by Gasteiger charge is 2.47. The van der Waals surface area contributed by atoms with E-state index in [9.17, 15) is 14.7 Å². The van der Waals surface area contributed by atoms with Crippen molar-refractivity contribution in [2.45, 2.75) is 6.04 Å². The number of aliphatic hydroxyl groups is 1. The van der Waals surface area contributed by atoms with Gasteiger partial charge < -0.3 is 5.11 Å². The van der Waals surface area contributed by atoms with Gasteiger partial charge in [-0.1, -0.05) is 54.1 Å². The summed E-state index contributed by atoms with van der Waals surface area (Å²) in [5.41, 5.74) is 1.70. The number of halogens is 1. The van der Waals surface area contributed by atoms with Gasteiger partial charge in [0, 0.05) is 28.7 Å². The van der Waals surface area contributed by atoms with Crippen molar-refractivity contribution in [1.29, 1.82) is 0 Å². The number of pyridine rings is 1. The number of benzene rings is 3. The Morgan fingerprint density at radius 3 is 2.31 bits per heavy atom. The van der Waals surface area contributed by atoms with Gasteiger partial charge in [0.2, 0.25) is 0 Å². The summed E-state index contributed by atoms with van der Waals surface area (Å²) in [5.74, 6) is -1.67. The van der Waals surface area contributed by atoms with Gasteiger partial charge in [0.1, 0.15) is 5.76 Å². The van der Waals surface area contributed by atoms with E-state index in [1.165, 1.54) is 4.90 Å². The summed E-state index contributed by atoms with van der Waals surface area (Å²) in [7, 11) is 0. The third-order valence-electron chi connectivity index (χ3n) is 5.62. The molecule has 1 aliphatic heterocycles. The van der Waals surface area contributed by atoms with E-state index in [-0.39, 0.29) is 11.3 Å². The third-order valence-corrected chi connectivity index (χ3v) is 5.87. The lowest BCUT2D eigenvalue weighted by molar-refractivity contribution is -0.132. The topological polar surface area (TPSA) is 70.5 Å².